The lowest BCUT2D eigenvalue weighted by Crippen LogP contribution is -2.03. The molecule has 0 radical (unpaired) electrons. The van der Waals surface area contributed by atoms with Crippen molar-refractivity contribution in [2.75, 3.05) is 6.61 Å². The lowest BCUT2D eigenvalue weighted by Gasteiger charge is -2.00. The smallest absolute Gasteiger partial charge is 0.343 e. The predicted octanol–water partition coefficient (Wildman–Crippen LogP) is 1.37. The molecule has 0 aromatic heterocycles. The molecule has 0 bridgehead atoms. The van der Waals surface area contributed by atoms with Crippen LogP contribution in [0, 0.1) is 0 Å². The van der Waals surface area contributed by atoms with E-state index in [0.29, 0.717) is 5.75 Å². The standard InChI is InChI=1S/C9H10O3S/c10-6-9(11)12-13-7-8-4-2-1-3-5-8/h1-5,10H,6-7H2. The van der Waals surface area contributed by atoms with E-state index in [1.54, 1.807) is 0 Å². The molecule has 0 aliphatic rings. The number of benzene rings is 1. The molecule has 0 aliphatic heterocycles. The minimum atomic E-state index is -0.610. The highest BCUT2D eigenvalue weighted by Crippen LogP contribution is 2.12. The first-order valence-electron chi connectivity index (χ1n) is 3.80. The molecule has 0 spiro atoms. The van der Waals surface area contributed by atoms with Gasteiger partial charge in [0, 0.05) is 0 Å². The van der Waals surface area contributed by atoms with E-state index in [1.807, 2.05) is 30.3 Å². The van der Waals surface area contributed by atoms with Gasteiger partial charge in [-0.15, -0.1) is 0 Å². The Bertz CT molecular complexity index is 261. The Morgan fingerprint density at radius 1 is 1.38 bits per heavy atom. The van der Waals surface area contributed by atoms with E-state index in [2.05, 4.69) is 4.18 Å². The fourth-order valence-corrected chi connectivity index (χ4v) is 1.34. The van der Waals surface area contributed by atoms with Gasteiger partial charge in [0.15, 0.2) is 0 Å². The van der Waals surface area contributed by atoms with Gasteiger partial charge in [-0.2, -0.15) is 0 Å². The highest BCUT2D eigenvalue weighted by molar-refractivity contribution is 7.94. The number of carbonyl (C=O) groups excluding carboxylic acids is 1. The number of hydrogen-bond donors (Lipinski definition) is 1. The van der Waals surface area contributed by atoms with Gasteiger partial charge in [0.2, 0.25) is 0 Å². The molecule has 13 heavy (non-hydrogen) atoms. The molecule has 1 aromatic carbocycles. The van der Waals surface area contributed by atoms with E-state index in [-0.39, 0.29) is 0 Å². The van der Waals surface area contributed by atoms with Crippen molar-refractivity contribution in [1.82, 2.24) is 0 Å². The number of carbonyl (C=O) groups is 1. The summed E-state index contributed by atoms with van der Waals surface area (Å²) in [7, 11) is 0. The number of aliphatic hydroxyl groups is 1. The largest absolute Gasteiger partial charge is 0.389 e. The Hall–Kier alpha value is -1.00. The highest BCUT2D eigenvalue weighted by Gasteiger charge is 2.00. The van der Waals surface area contributed by atoms with Crippen LogP contribution in [-0.4, -0.2) is 17.7 Å². The summed E-state index contributed by atoms with van der Waals surface area (Å²) in [5.74, 6) is -0.00650. The minimum absolute atomic E-state index is 0.568. The molecule has 0 saturated carbocycles. The van der Waals surface area contributed by atoms with Crippen LogP contribution in [0.15, 0.2) is 30.3 Å². The van der Waals surface area contributed by atoms with Crippen molar-refractivity contribution in [1.29, 1.82) is 0 Å². The van der Waals surface area contributed by atoms with Crippen molar-refractivity contribution >= 4 is 18.0 Å². The van der Waals surface area contributed by atoms with Gasteiger partial charge in [-0.3, -0.25) is 0 Å². The van der Waals surface area contributed by atoms with Crippen LogP contribution in [0.3, 0.4) is 0 Å². The van der Waals surface area contributed by atoms with Crippen LogP contribution in [0.4, 0.5) is 0 Å². The minimum Gasteiger partial charge on any atom is -0.389 e. The van der Waals surface area contributed by atoms with Crippen LogP contribution in [0.1, 0.15) is 5.56 Å². The maximum Gasteiger partial charge on any atom is 0.343 e. The molecule has 0 atom stereocenters. The zero-order chi connectivity index (χ0) is 9.52. The average Bonchev–Trinajstić information content (AvgIpc) is 2.19. The molecule has 0 fully saturated rings. The average molecular weight is 198 g/mol. The van der Waals surface area contributed by atoms with E-state index in [0.717, 1.165) is 17.6 Å². The van der Waals surface area contributed by atoms with Crippen molar-refractivity contribution in [3.63, 3.8) is 0 Å². The second kappa shape index (κ2) is 5.61. The van der Waals surface area contributed by atoms with Crippen LogP contribution in [0.2, 0.25) is 0 Å². The second-order valence-electron chi connectivity index (χ2n) is 2.36. The molecule has 3 nitrogen and oxygen atoms in total. The maximum absolute atomic E-state index is 10.5. The van der Waals surface area contributed by atoms with Gasteiger partial charge in [-0.05, 0) is 5.56 Å². The topological polar surface area (TPSA) is 46.5 Å². The third-order valence-corrected chi connectivity index (χ3v) is 2.10. The first-order valence-corrected chi connectivity index (χ1v) is 4.71. The van der Waals surface area contributed by atoms with Crippen molar-refractivity contribution in [2.45, 2.75) is 5.75 Å². The summed E-state index contributed by atoms with van der Waals surface area (Å²) in [4.78, 5) is 10.5. The predicted molar refractivity (Wildman–Crippen MR) is 50.9 cm³/mol. The van der Waals surface area contributed by atoms with Gasteiger partial charge >= 0.3 is 5.97 Å². The lowest BCUT2D eigenvalue weighted by atomic mass is 10.2. The molecule has 1 rings (SSSR count). The van der Waals surface area contributed by atoms with Gasteiger partial charge in [-0.25, -0.2) is 4.79 Å². The van der Waals surface area contributed by atoms with Gasteiger partial charge in [-0.1, -0.05) is 30.3 Å². The van der Waals surface area contributed by atoms with E-state index < -0.39 is 12.6 Å². The Labute approximate surface area is 80.9 Å². The summed E-state index contributed by atoms with van der Waals surface area (Å²) in [6.07, 6.45) is 0. The Morgan fingerprint density at radius 3 is 2.69 bits per heavy atom. The monoisotopic (exact) mass is 198 g/mol. The van der Waals surface area contributed by atoms with Crippen molar-refractivity contribution < 1.29 is 14.1 Å². The Morgan fingerprint density at radius 2 is 2.08 bits per heavy atom. The molecule has 70 valence electrons. The molecular formula is C9H10O3S. The summed E-state index contributed by atoms with van der Waals surface area (Å²) >= 11 is 1.03. The Balaban J connectivity index is 2.24. The summed E-state index contributed by atoms with van der Waals surface area (Å²) in [5, 5.41) is 8.34. The zero-order valence-corrected chi connectivity index (χ0v) is 7.79. The van der Waals surface area contributed by atoms with Crippen LogP contribution in [-0.2, 0) is 14.7 Å². The molecule has 0 saturated heterocycles. The van der Waals surface area contributed by atoms with Crippen LogP contribution in [0.25, 0.3) is 0 Å². The molecule has 1 N–H and O–H groups in total. The molecule has 0 aliphatic carbocycles. The summed E-state index contributed by atoms with van der Waals surface area (Å²) in [5.41, 5.74) is 1.08. The molecular weight excluding hydrogens is 188 g/mol. The third-order valence-electron chi connectivity index (χ3n) is 1.35. The van der Waals surface area contributed by atoms with Crippen LogP contribution >= 0.6 is 12.0 Å². The van der Waals surface area contributed by atoms with Gasteiger partial charge in [0.05, 0.1) is 17.8 Å². The van der Waals surface area contributed by atoms with E-state index in [9.17, 15) is 4.79 Å². The number of aliphatic hydroxyl groups excluding tert-OH is 1. The SMILES string of the molecule is O=C(CO)OSCc1ccccc1. The lowest BCUT2D eigenvalue weighted by molar-refractivity contribution is -0.136. The van der Waals surface area contributed by atoms with Gasteiger partial charge < -0.3 is 9.29 Å². The number of rotatable bonds is 4. The molecule has 1 aromatic rings. The van der Waals surface area contributed by atoms with E-state index >= 15 is 0 Å². The molecule has 0 amide bonds. The summed E-state index contributed by atoms with van der Waals surface area (Å²) in [6.45, 7) is -0.568. The summed E-state index contributed by atoms with van der Waals surface area (Å²) in [6, 6.07) is 9.65. The molecule has 4 heteroatoms. The summed E-state index contributed by atoms with van der Waals surface area (Å²) < 4.78 is 4.62. The van der Waals surface area contributed by atoms with Crippen molar-refractivity contribution in [3.05, 3.63) is 35.9 Å². The fourth-order valence-electron chi connectivity index (χ4n) is 0.764. The number of hydrogen-bond acceptors (Lipinski definition) is 4. The van der Waals surface area contributed by atoms with E-state index in [1.165, 1.54) is 0 Å². The highest BCUT2D eigenvalue weighted by atomic mass is 32.2. The quantitative estimate of drug-likeness (QED) is 0.742. The van der Waals surface area contributed by atoms with Crippen molar-refractivity contribution in [3.8, 4) is 0 Å². The van der Waals surface area contributed by atoms with Crippen LogP contribution < -0.4 is 0 Å². The fraction of sp³-hybridized carbons (Fsp3) is 0.222. The molecule has 0 heterocycles. The van der Waals surface area contributed by atoms with E-state index in [4.69, 9.17) is 5.11 Å². The first kappa shape index (κ1) is 10.1. The third kappa shape index (κ3) is 3.96. The normalized spacial score (nSPS) is 9.62. The maximum atomic E-state index is 10.5. The Kier molecular flexibility index (Phi) is 4.35. The van der Waals surface area contributed by atoms with Gasteiger partial charge in [0.1, 0.15) is 6.61 Å². The van der Waals surface area contributed by atoms with Gasteiger partial charge in [0.25, 0.3) is 0 Å². The van der Waals surface area contributed by atoms with Crippen molar-refractivity contribution in [2.24, 2.45) is 0 Å². The zero-order valence-electron chi connectivity index (χ0n) is 6.97. The van der Waals surface area contributed by atoms with Crippen LogP contribution in [0.5, 0.6) is 0 Å². The second-order valence-corrected chi connectivity index (χ2v) is 3.05. The first-order chi connectivity index (χ1) is 6.33. The molecule has 0 unspecified atom stereocenters.